The van der Waals surface area contributed by atoms with E-state index >= 15 is 0 Å². The quantitative estimate of drug-likeness (QED) is 0.267. The maximum Gasteiger partial charge on any atom is 0.292 e. The number of rotatable bonds is 11. The van der Waals surface area contributed by atoms with Gasteiger partial charge >= 0.3 is 0 Å². The van der Waals surface area contributed by atoms with Crippen molar-refractivity contribution in [2.75, 3.05) is 12.4 Å². The minimum absolute atomic E-state index is 0.0294. The van der Waals surface area contributed by atoms with Crippen molar-refractivity contribution in [3.05, 3.63) is 57.6 Å². The second-order valence-corrected chi connectivity index (χ2v) is 9.34. The molecule has 1 unspecified atom stereocenters. The maximum absolute atomic E-state index is 12.8. The lowest BCUT2D eigenvalue weighted by atomic mass is 9.94. The molecule has 3 rings (SSSR count). The molecule has 1 aliphatic carbocycles. The molecule has 1 aliphatic rings. The molecule has 1 fully saturated rings. The molecule has 0 spiro atoms. The molecule has 1 atom stereocenters. The molecule has 34 heavy (non-hydrogen) atoms. The van der Waals surface area contributed by atoms with Crippen LogP contribution < -0.4 is 10.1 Å². The third kappa shape index (κ3) is 7.10. The molecule has 1 saturated carbocycles. The van der Waals surface area contributed by atoms with Gasteiger partial charge in [0, 0.05) is 37.7 Å². The SMILES string of the molecule is CCCC(CCC(=O)N(C)C1CCCCC1)Nc1cc(Oc2ccccc2Cl)ccc1[N+](=O)[O-]. The summed E-state index contributed by atoms with van der Waals surface area (Å²) in [6, 6.07) is 12.0. The smallest absolute Gasteiger partial charge is 0.292 e. The summed E-state index contributed by atoms with van der Waals surface area (Å²) in [5, 5.41) is 15.4. The van der Waals surface area contributed by atoms with Gasteiger partial charge in [-0.25, -0.2) is 0 Å². The zero-order valence-corrected chi connectivity index (χ0v) is 20.7. The Morgan fingerprint density at radius 3 is 2.62 bits per heavy atom. The van der Waals surface area contributed by atoms with Gasteiger partial charge in [0.05, 0.1) is 9.95 Å². The van der Waals surface area contributed by atoms with Crippen molar-refractivity contribution in [3.63, 3.8) is 0 Å². The molecule has 184 valence electrons. The van der Waals surface area contributed by atoms with Crippen LogP contribution in [-0.4, -0.2) is 34.9 Å². The molecule has 2 aromatic rings. The number of carbonyl (C=O) groups is 1. The van der Waals surface area contributed by atoms with Gasteiger partial charge in [0.15, 0.2) is 0 Å². The number of hydrogen-bond acceptors (Lipinski definition) is 5. The van der Waals surface area contributed by atoms with E-state index in [1.54, 1.807) is 30.3 Å². The minimum atomic E-state index is -0.410. The second-order valence-electron chi connectivity index (χ2n) is 8.93. The van der Waals surface area contributed by atoms with Crippen LogP contribution >= 0.6 is 11.6 Å². The van der Waals surface area contributed by atoms with Crippen LogP contribution in [0, 0.1) is 10.1 Å². The zero-order valence-electron chi connectivity index (χ0n) is 20.0. The number of carbonyl (C=O) groups excluding carboxylic acids is 1. The van der Waals surface area contributed by atoms with Gasteiger partial charge in [-0.05, 0) is 43.9 Å². The average Bonchev–Trinajstić information content (AvgIpc) is 2.84. The number of hydrogen-bond donors (Lipinski definition) is 1. The van der Waals surface area contributed by atoms with Crippen LogP contribution in [0.5, 0.6) is 11.5 Å². The van der Waals surface area contributed by atoms with Crippen molar-refractivity contribution >= 4 is 28.9 Å². The predicted molar refractivity (Wildman–Crippen MR) is 136 cm³/mol. The predicted octanol–water partition coefficient (Wildman–Crippen LogP) is 7.19. The fourth-order valence-electron chi connectivity index (χ4n) is 4.51. The maximum atomic E-state index is 12.8. The highest BCUT2D eigenvalue weighted by Crippen LogP contribution is 2.35. The average molecular weight is 488 g/mol. The van der Waals surface area contributed by atoms with E-state index in [0.717, 1.165) is 25.7 Å². The Hall–Kier alpha value is -2.80. The third-order valence-corrected chi connectivity index (χ3v) is 6.76. The summed E-state index contributed by atoms with van der Waals surface area (Å²) in [6.45, 7) is 2.07. The van der Waals surface area contributed by atoms with E-state index in [1.807, 2.05) is 18.0 Å². The fraction of sp³-hybridized carbons (Fsp3) is 0.500. The number of para-hydroxylation sites is 1. The van der Waals surface area contributed by atoms with E-state index in [-0.39, 0.29) is 17.6 Å². The Bertz CT molecular complexity index is 978. The summed E-state index contributed by atoms with van der Waals surface area (Å²) in [5.74, 6) is 1.06. The van der Waals surface area contributed by atoms with E-state index in [1.165, 1.54) is 25.3 Å². The van der Waals surface area contributed by atoms with E-state index < -0.39 is 4.92 Å². The summed E-state index contributed by atoms with van der Waals surface area (Å²) in [7, 11) is 1.90. The van der Waals surface area contributed by atoms with E-state index in [0.29, 0.717) is 41.1 Å². The zero-order chi connectivity index (χ0) is 24.5. The van der Waals surface area contributed by atoms with Gasteiger partial charge in [-0.3, -0.25) is 14.9 Å². The number of nitrogens with zero attached hydrogens (tertiary/aromatic N) is 2. The highest BCUT2D eigenvalue weighted by Gasteiger charge is 2.24. The van der Waals surface area contributed by atoms with Crippen molar-refractivity contribution < 1.29 is 14.5 Å². The Labute approximate surface area is 206 Å². The van der Waals surface area contributed by atoms with Crippen LogP contribution in [0.15, 0.2) is 42.5 Å². The van der Waals surface area contributed by atoms with Gasteiger partial charge in [0.1, 0.15) is 17.2 Å². The van der Waals surface area contributed by atoms with Gasteiger partial charge in [-0.15, -0.1) is 0 Å². The van der Waals surface area contributed by atoms with Crippen molar-refractivity contribution in [3.8, 4) is 11.5 Å². The summed E-state index contributed by atoms with van der Waals surface area (Å²) in [4.78, 5) is 26.0. The molecule has 0 radical (unpaired) electrons. The molecule has 0 aliphatic heterocycles. The first-order valence-corrected chi connectivity index (χ1v) is 12.5. The number of amides is 1. The summed E-state index contributed by atoms with van der Waals surface area (Å²) >= 11 is 6.19. The molecule has 2 aromatic carbocycles. The van der Waals surface area contributed by atoms with Crippen LogP contribution in [-0.2, 0) is 4.79 Å². The standard InChI is InChI=1S/C26H34ClN3O4/c1-3-9-19(14-17-26(31)29(2)20-10-5-4-6-11-20)28-23-18-21(15-16-24(23)30(32)33)34-25-13-8-7-12-22(25)27/h7-8,12-13,15-16,18-20,28H,3-6,9-11,14,17H2,1-2H3. The topological polar surface area (TPSA) is 84.7 Å². The first kappa shape index (κ1) is 25.8. The summed E-state index contributed by atoms with van der Waals surface area (Å²) in [5.41, 5.74) is 0.347. The number of ether oxygens (including phenoxy) is 1. The first-order chi connectivity index (χ1) is 16.4. The molecule has 1 N–H and O–H groups in total. The minimum Gasteiger partial charge on any atom is -0.456 e. The number of nitro benzene ring substituents is 1. The van der Waals surface area contributed by atoms with Crippen LogP contribution in [0.4, 0.5) is 11.4 Å². The summed E-state index contributed by atoms with van der Waals surface area (Å²) in [6.07, 6.45) is 8.47. The highest BCUT2D eigenvalue weighted by atomic mass is 35.5. The Balaban J connectivity index is 1.70. The molecule has 1 amide bonds. The first-order valence-electron chi connectivity index (χ1n) is 12.1. The van der Waals surface area contributed by atoms with Crippen LogP contribution in [0.3, 0.4) is 0 Å². The number of nitro groups is 1. The molecule has 7 nitrogen and oxygen atoms in total. The Kier molecular flexibility index (Phi) is 9.57. The van der Waals surface area contributed by atoms with Gasteiger partial charge in [0.2, 0.25) is 5.91 Å². The van der Waals surface area contributed by atoms with Crippen molar-refractivity contribution in [1.29, 1.82) is 0 Å². The van der Waals surface area contributed by atoms with Gasteiger partial charge < -0.3 is 15.0 Å². The van der Waals surface area contributed by atoms with Crippen molar-refractivity contribution in [1.82, 2.24) is 4.90 Å². The monoisotopic (exact) mass is 487 g/mol. The second kappa shape index (κ2) is 12.6. The lowest BCUT2D eigenvalue weighted by Gasteiger charge is -2.31. The third-order valence-electron chi connectivity index (χ3n) is 6.45. The van der Waals surface area contributed by atoms with Crippen molar-refractivity contribution in [2.24, 2.45) is 0 Å². The number of anilines is 1. The van der Waals surface area contributed by atoms with E-state index in [9.17, 15) is 14.9 Å². The lowest BCUT2D eigenvalue weighted by molar-refractivity contribution is -0.384. The van der Waals surface area contributed by atoms with E-state index in [2.05, 4.69) is 12.2 Å². The molecular weight excluding hydrogens is 454 g/mol. The normalized spacial score (nSPS) is 14.9. The highest BCUT2D eigenvalue weighted by molar-refractivity contribution is 6.32. The van der Waals surface area contributed by atoms with Crippen molar-refractivity contribution in [2.45, 2.75) is 76.8 Å². The molecule has 0 saturated heterocycles. The van der Waals surface area contributed by atoms with Crippen LogP contribution in [0.1, 0.15) is 64.7 Å². The molecule has 8 heteroatoms. The molecular formula is C26H34ClN3O4. The fourth-order valence-corrected chi connectivity index (χ4v) is 4.69. The summed E-state index contributed by atoms with van der Waals surface area (Å²) < 4.78 is 5.87. The molecule has 0 aromatic heterocycles. The molecule has 0 heterocycles. The van der Waals surface area contributed by atoms with Crippen LogP contribution in [0.25, 0.3) is 0 Å². The Morgan fingerprint density at radius 1 is 1.21 bits per heavy atom. The Morgan fingerprint density at radius 2 is 1.94 bits per heavy atom. The van der Waals surface area contributed by atoms with E-state index in [4.69, 9.17) is 16.3 Å². The van der Waals surface area contributed by atoms with Gasteiger partial charge in [0.25, 0.3) is 5.69 Å². The number of halogens is 1. The van der Waals surface area contributed by atoms with Gasteiger partial charge in [-0.1, -0.05) is 56.3 Å². The largest absolute Gasteiger partial charge is 0.456 e. The van der Waals surface area contributed by atoms with Crippen LogP contribution in [0.2, 0.25) is 5.02 Å². The lowest BCUT2D eigenvalue weighted by Crippen LogP contribution is -2.38. The number of nitrogens with one attached hydrogen (secondary N) is 1. The number of benzene rings is 2. The molecule has 0 bridgehead atoms. The van der Waals surface area contributed by atoms with Gasteiger partial charge in [-0.2, -0.15) is 0 Å².